The summed E-state index contributed by atoms with van der Waals surface area (Å²) in [6.07, 6.45) is 13.1. The van der Waals surface area contributed by atoms with E-state index in [9.17, 15) is 0 Å². The van der Waals surface area contributed by atoms with Gasteiger partial charge in [-0.25, -0.2) is 0 Å². The third-order valence-electron chi connectivity index (χ3n) is 12.2. The summed E-state index contributed by atoms with van der Waals surface area (Å²) < 4.78 is 0. The number of rotatable bonds is 5. The zero-order valence-electron chi connectivity index (χ0n) is 30.8. The number of benzene rings is 8. The van der Waals surface area contributed by atoms with Crippen molar-refractivity contribution in [3.8, 4) is 33.4 Å². The van der Waals surface area contributed by atoms with Crippen LogP contribution in [-0.4, -0.2) is 0 Å². The molecule has 0 aromatic heterocycles. The van der Waals surface area contributed by atoms with Crippen molar-refractivity contribution >= 4 is 54.7 Å². The average Bonchev–Trinajstić information content (AvgIpc) is 3.35. The molecule has 2 aliphatic carbocycles. The molecular formula is C54H42. The van der Waals surface area contributed by atoms with Gasteiger partial charge in [-0.3, -0.25) is 0 Å². The number of hydrogen-bond donors (Lipinski definition) is 0. The Labute approximate surface area is 318 Å². The number of aryl methyl sites for hydroxylation is 1. The molecule has 0 atom stereocenters. The van der Waals surface area contributed by atoms with E-state index < -0.39 is 0 Å². The lowest BCUT2D eigenvalue weighted by molar-refractivity contribution is 0.420. The van der Waals surface area contributed by atoms with Gasteiger partial charge < -0.3 is 0 Å². The van der Waals surface area contributed by atoms with Gasteiger partial charge in [0.05, 0.1) is 0 Å². The monoisotopic (exact) mass is 690 g/mol. The van der Waals surface area contributed by atoms with Crippen molar-refractivity contribution in [2.24, 2.45) is 0 Å². The largest absolute Gasteiger partial charge is 0.0990 e. The molecule has 0 radical (unpaired) electrons. The van der Waals surface area contributed by atoms with Gasteiger partial charge >= 0.3 is 0 Å². The summed E-state index contributed by atoms with van der Waals surface area (Å²) in [5, 5.41) is 10.3. The highest BCUT2D eigenvalue weighted by Gasteiger charge is 2.25. The van der Waals surface area contributed by atoms with Crippen molar-refractivity contribution in [1.29, 1.82) is 0 Å². The molecule has 0 heteroatoms. The lowest BCUT2D eigenvalue weighted by Crippen LogP contribution is -2.10. The Bertz CT molecular complexity index is 2920. The maximum Gasteiger partial charge on any atom is -0.00266 e. The molecule has 8 aromatic rings. The third kappa shape index (κ3) is 5.20. The minimum absolute atomic E-state index is 0.601. The van der Waals surface area contributed by atoms with Crippen LogP contribution in [0.5, 0.6) is 0 Å². The van der Waals surface area contributed by atoms with E-state index in [0.29, 0.717) is 5.92 Å². The van der Waals surface area contributed by atoms with Gasteiger partial charge in [-0.1, -0.05) is 165 Å². The van der Waals surface area contributed by atoms with Crippen molar-refractivity contribution in [3.05, 3.63) is 193 Å². The molecular weight excluding hydrogens is 649 g/mol. The molecule has 0 bridgehead atoms. The lowest BCUT2D eigenvalue weighted by atomic mass is 9.75. The summed E-state index contributed by atoms with van der Waals surface area (Å²) in [4.78, 5) is 0. The molecule has 8 aromatic carbocycles. The van der Waals surface area contributed by atoms with Crippen molar-refractivity contribution < 1.29 is 0 Å². The summed E-state index contributed by atoms with van der Waals surface area (Å²) >= 11 is 0. The second-order valence-electron chi connectivity index (χ2n) is 15.3. The summed E-state index contributed by atoms with van der Waals surface area (Å²) in [6, 6.07) is 50.5. The normalized spacial score (nSPS) is 15.2. The van der Waals surface area contributed by atoms with Crippen LogP contribution < -0.4 is 0 Å². The van der Waals surface area contributed by atoms with E-state index in [4.69, 9.17) is 0 Å². The highest BCUT2D eigenvalue weighted by molar-refractivity contribution is 6.22. The standard InChI is InChI=1S/C54H42/c1-4-11-42-34(2)12-7-16-38-26-30-47-43(18-9-20-49(47)53(38)42)40-23-22-35(3)51(32-40)52-33-41(28-29-45(52)36-14-8-15-36)44-19-10-21-50-48(44)31-27-39-25-24-37-13-5-6-17-46(37)54(39)50/h4-7,9-11,13,16-33,36H,1-2,8,12,14-15H2,3H3/b42-11+. The van der Waals surface area contributed by atoms with Gasteiger partial charge in [0, 0.05) is 0 Å². The fraction of sp³-hybridized carbons (Fsp3) is 0.111. The fourth-order valence-electron chi connectivity index (χ4n) is 9.23. The van der Waals surface area contributed by atoms with Gasteiger partial charge in [0.15, 0.2) is 0 Å². The molecule has 54 heavy (non-hydrogen) atoms. The molecule has 0 aliphatic heterocycles. The number of allylic oxidation sites excluding steroid dienone is 5. The van der Waals surface area contributed by atoms with Crippen molar-refractivity contribution in [1.82, 2.24) is 0 Å². The Balaban J connectivity index is 1.16. The Morgan fingerprint density at radius 1 is 0.593 bits per heavy atom. The Morgan fingerprint density at radius 3 is 2.07 bits per heavy atom. The maximum absolute atomic E-state index is 4.45. The van der Waals surface area contributed by atoms with Crippen LogP contribution in [0.4, 0.5) is 0 Å². The zero-order valence-corrected chi connectivity index (χ0v) is 30.8. The van der Waals surface area contributed by atoms with Crippen molar-refractivity contribution in [2.45, 2.75) is 38.5 Å². The predicted octanol–water partition coefficient (Wildman–Crippen LogP) is 15.4. The van der Waals surface area contributed by atoms with Gasteiger partial charge in [0.2, 0.25) is 0 Å². The molecule has 0 heterocycles. The number of fused-ring (bicyclic) bond motifs is 8. The summed E-state index contributed by atoms with van der Waals surface area (Å²) in [7, 11) is 0. The third-order valence-corrected chi connectivity index (χ3v) is 12.2. The smallest absolute Gasteiger partial charge is 0.00266 e. The van der Waals surface area contributed by atoms with Crippen LogP contribution in [0.1, 0.15) is 53.9 Å². The van der Waals surface area contributed by atoms with Crippen LogP contribution >= 0.6 is 0 Å². The molecule has 1 fully saturated rings. The van der Waals surface area contributed by atoms with Gasteiger partial charge in [-0.2, -0.15) is 0 Å². The highest BCUT2D eigenvalue weighted by Crippen LogP contribution is 2.46. The minimum atomic E-state index is 0.601. The Morgan fingerprint density at radius 2 is 1.28 bits per heavy atom. The van der Waals surface area contributed by atoms with Gasteiger partial charge in [-0.05, 0) is 154 Å². The SMILES string of the molecule is C=C/C=C1\C(=C)CC=Cc2ccc3c(-c4ccc(C)c(-c5cc(-c6cccc7c6ccc6ccc8ccccc8c67)ccc5C5CCC5)c4)cccc3c21. The van der Waals surface area contributed by atoms with E-state index in [1.165, 1.54) is 124 Å². The summed E-state index contributed by atoms with van der Waals surface area (Å²) in [6.45, 7) is 10.8. The van der Waals surface area contributed by atoms with E-state index in [-0.39, 0.29) is 0 Å². The lowest BCUT2D eigenvalue weighted by Gasteiger charge is -2.29. The number of hydrogen-bond acceptors (Lipinski definition) is 0. The summed E-state index contributed by atoms with van der Waals surface area (Å²) in [5.74, 6) is 0.601. The highest BCUT2D eigenvalue weighted by atomic mass is 14.3. The van der Waals surface area contributed by atoms with Gasteiger partial charge in [-0.15, -0.1) is 0 Å². The van der Waals surface area contributed by atoms with E-state index in [1.54, 1.807) is 0 Å². The average molecular weight is 691 g/mol. The van der Waals surface area contributed by atoms with Crippen molar-refractivity contribution in [3.63, 3.8) is 0 Å². The van der Waals surface area contributed by atoms with Crippen LogP contribution in [0.3, 0.4) is 0 Å². The minimum Gasteiger partial charge on any atom is -0.0990 e. The fourth-order valence-corrected chi connectivity index (χ4v) is 9.23. The van der Waals surface area contributed by atoms with Crippen molar-refractivity contribution in [2.75, 3.05) is 0 Å². The first kappa shape index (κ1) is 32.4. The van der Waals surface area contributed by atoms with E-state index in [1.807, 2.05) is 6.08 Å². The van der Waals surface area contributed by atoms with Gasteiger partial charge in [0.1, 0.15) is 0 Å². The van der Waals surface area contributed by atoms with Crippen LogP contribution in [-0.2, 0) is 0 Å². The second kappa shape index (κ2) is 13.0. The molecule has 1 saturated carbocycles. The van der Waals surface area contributed by atoms with E-state index in [0.717, 1.165) is 12.0 Å². The first-order chi connectivity index (χ1) is 26.6. The maximum atomic E-state index is 4.45. The second-order valence-corrected chi connectivity index (χ2v) is 15.3. The summed E-state index contributed by atoms with van der Waals surface area (Å²) in [5.41, 5.74) is 15.3. The molecule has 0 unspecified atom stereocenters. The Kier molecular flexibility index (Phi) is 7.81. The first-order valence-corrected chi connectivity index (χ1v) is 19.4. The molecule has 0 nitrogen and oxygen atoms in total. The molecule has 2 aliphatic rings. The van der Waals surface area contributed by atoms with Crippen LogP contribution in [0.25, 0.3) is 88.1 Å². The van der Waals surface area contributed by atoms with E-state index in [2.05, 4.69) is 172 Å². The van der Waals surface area contributed by atoms with Gasteiger partial charge in [0.25, 0.3) is 0 Å². The quantitative estimate of drug-likeness (QED) is 0.158. The molecule has 0 amide bonds. The molecule has 0 N–H and O–H groups in total. The zero-order chi connectivity index (χ0) is 36.3. The van der Waals surface area contributed by atoms with Crippen LogP contribution in [0, 0.1) is 6.92 Å². The molecule has 0 saturated heterocycles. The first-order valence-electron chi connectivity index (χ1n) is 19.4. The topological polar surface area (TPSA) is 0 Å². The van der Waals surface area contributed by atoms with Crippen LogP contribution in [0.15, 0.2) is 170 Å². The molecule has 258 valence electrons. The Hall–Kier alpha value is -6.24. The molecule has 0 spiro atoms. The molecule has 10 rings (SSSR count). The van der Waals surface area contributed by atoms with E-state index >= 15 is 0 Å². The predicted molar refractivity (Wildman–Crippen MR) is 235 cm³/mol. The van der Waals surface area contributed by atoms with Crippen LogP contribution in [0.2, 0.25) is 0 Å².